The number of amides is 14. The van der Waals surface area contributed by atoms with Gasteiger partial charge in [-0.15, -0.1) is 12.4 Å². The molecule has 3 aromatic rings. The Hall–Kier alpha value is -12.4. The summed E-state index contributed by atoms with van der Waals surface area (Å²) < 4.78 is 5.68. The molecule has 1 saturated heterocycles. The summed E-state index contributed by atoms with van der Waals surface area (Å²) in [5.74, 6) is -29.7. The predicted molar refractivity (Wildman–Crippen MR) is 408 cm³/mol. The standard InChI is InChI=1S/C72H101N17O26.ClH/c1-5-6-7-8-9-10-11-22-53(93)81-44(25-38-31-76-42-20-15-13-17-39(38)42)66(108)84-45(27-52(75)92)67(109)86-48(30-59(102)103)68(110)89-61-37(4)115-72(114)49(26-51(91)40-18-12-14-19-41(40)74)87-71(113)60(35(2)24-56(96)97)88-69(111)50(34-90)82-55(95)32-77-63(105)46(28-57(98)99)83-62(104)36(3)79-65(107)47(29-58(100)101)85-64(106)43(21-16-23-73)80-54(94)33-78-70(61)112;/h12-15,17-20,31,35-37,43-50,60-61,76,90H,5-11,16,21-30,32-34,73-74H2,1-4H3,(H2,75,92)(H,77,105)(H,78,112)(H,79,107)(H,80,94)(H,81,93)(H,82,95)(H,83,104)(H,84,108)(H,85,106)(H,86,109)(H,87,113)(H,88,111)(H,89,110)(H,96,97)(H,98,99)(H,100,101)(H,102,103);1H/t35-,36-,37-,43+,44+,45+,46+,47+,48+,49+,50-,60+,61+;/m1./s1. The summed E-state index contributed by atoms with van der Waals surface area (Å²) in [5.41, 5.74) is 18.1. The minimum absolute atomic E-state index is 0. The zero-order valence-corrected chi connectivity index (χ0v) is 64.8. The van der Waals surface area contributed by atoms with Gasteiger partial charge in [-0.2, -0.15) is 0 Å². The van der Waals surface area contributed by atoms with Crippen molar-refractivity contribution in [1.29, 1.82) is 0 Å². The van der Waals surface area contributed by atoms with Gasteiger partial charge in [0.05, 0.1) is 51.8 Å². The molecule has 0 bridgehead atoms. The SMILES string of the molecule is CCCCCCCCCC(=O)N[C@@H](Cc1c[nH]c2ccccc12)C(=O)N[C@@H](CC(N)=O)C(=O)N[C@@H](CC(=O)O)C(=O)N[C@@H]1C(=O)NCC(=O)N[C@@H](CCCN)C(=O)N[C@@H](CC(=O)O)C(=O)N[C@H](C)C(=O)N[C@@H](CC(=O)O)C(=O)NCC(=O)N[C@H](CO)C(=O)N[C@@H]([C@H](C)CC(=O)O)C(=O)N[C@@H](CC(=O)c2ccccc2N)C(=O)O[C@@H]1C.Cl. The van der Waals surface area contributed by atoms with Crippen LogP contribution in [0.4, 0.5) is 5.69 Å². The lowest BCUT2D eigenvalue weighted by Gasteiger charge is -2.30. The number of benzene rings is 2. The summed E-state index contributed by atoms with van der Waals surface area (Å²) >= 11 is 0. The van der Waals surface area contributed by atoms with Gasteiger partial charge >= 0.3 is 29.8 Å². The second-order valence-corrected chi connectivity index (χ2v) is 27.2. The number of hydrogen-bond acceptors (Lipinski definition) is 24. The highest BCUT2D eigenvalue weighted by Crippen LogP contribution is 2.22. The number of fused-ring (bicyclic) bond motifs is 1. The summed E-state index contributed by atoms with van der Waals surface area (Å²) in [7, 11) is 0. The van der Waals surface area contributed by atoms with Crippen molar-refractivity contribution in [1.82, 2.24) is 74.1 Å². The number of rotatable bonds is 35. The number of ketones is 1. The number of esters is 1. The van der Waals surface area contributed by atoms with Crippen LogP contribution in [0, 0.1) is 5.92 Å². The van der Waals surface area contributed by atoms with E-state index < -0.39 is 261 Å². The summed E-state index contributed by atoms with van der Waals surface area (Å²) in [4.78, 5) is 276. The topological polar surface area (TPSA) is 702 Å². The van der Waals surface area contributed by atoms with Crippen molar-refractivity contribution in [2.45, 2.75) is 209 Å². The number of anilines is 1. The number of aliphatic hydroxyl groups excluding tert-OH is 1. The zero-order chi connectivity index (χ0) is 85.8. The lowest BCUT2D eigenvalue weighted by molar-refractivity contribution is -0.156. The minimum atomic E-state index is -2.45. The zero-order valence-electron chi connectivity index (χ0n) is 64.0. The fraction of sp³-hybridized carbons (Fsp3) is 0.528. The van der Waals surface area contributed by atoms with Crippen LogP contribution in [0.2, 0.25) is 0 Å². The van der Waals surface area contributed by atoms with Crippen LogP contribution >= 0.6 is 12.4 Å². The third-order valence-electron chi connectivity index (χ3n) is 17.9. The third-order valence-corrected chi connectivity index (χ3v) is 17.9. The number of nitrogen functional groups attached to an aromatic ring is 1. The fourth-order valence-corrected chi connectivity index (χ4v) is 11.7. The molecule has 14 amide bonds. The van der Waals surface area contributed by atoms with E-state index in [-0.39, 0.29) is 49.5 Å². The monoisotopic (exact) mass is 1660 g/mol. The van der Waals surface area contributed by atoms with Crippen molar-refractivity contribution in [2.24, 2.45) is 17.4 Å². The number of para-hydroxylation sites is 2. The molecule has 1 aliphatic rings. The van der Waals surface area contributed by atoms with Gasteiger partial charge in [-0.05, 0) is 69.3 Å². The Labute approximate surface area is 669 Å². The van der Waals surface area contributed by atoms with Gasteiger partial charge in [0, 0.05) is 47.6 Å². The lowest BCUT2D eigenvalue weighted by atomic mass is 9.96. The molecule has 116 heavy (non-hydrogen) atoms. The maximum absolute atomic E-state index is 14.8. The van der Waals surface area contributed by atoms with E-state index in [2.05, 4.69) is 65.1 Å². The number of carbonyl (C=O) groups excluding carboxylic acids is 16. The van der Waals surface area contributed by atoms with Crippen LogP contribution in [-0.4, -0.2) is 248 Å². The second kappa shape index (κ2) is 49.3. The molecule has 43 nitrogen and oxygen atoms in total. The highest BCUT2D eigenvalue weighted by atomic mass is 35.5. The van der Waals surface area contributed by atoms with Crippen LogP contribution in [-0.2, 0) is 102 Å². The Kier molecular flexibility index (Phi) is 41.5. The molecule has 44 heteroatoms. The number of carboxylic acids is 4. The van der Waals surface area contributed by atoms with Crippen molar-refractivity contribution in [3.05, 3.63) is 65.9 Å². The molecule has 1 fully saturated rings. The molecule has 25 N–H and O–H groups in total. The van der Waals surface area contributed by atoms with Crippen LogP contribution in [0.5, 0.6) is 0 Å². The van der Waals surface area contributed by atoms with E-state index in [1.165, 1.54) is 24.3 Å². The highest BCUT2D eigenvalue weighted by molar-refractivity contribution is 6.05. The number of carboxylic acid groups (broad SMARTS) is 4. The number of aliphatic hydroxyl groups is 1. The van der Waals surface area contributed by atoms with Crippen LogP contribution in [0.15, 0.2) is 54.7 Å². The van der Waals surface area contributed by atoms with Crippen LogP contribution in [0.1, 0.15) is 146 Å². The maximum Gasteiger partial charge on any atom is 0.329 e. The maximum atomic E-state index is 14.8. The Morgan fingerprint density at radius 2 is 1.09 bits per heavy atom. The number of cyclic esters (lactones) is 1. The third kappa shape index (κ3) is 33.3. The number of Topliss-reactive ketones (excluding diaryl/α,β-unsaturated/α-hetero) is 1. The molecule has 0 unspecified atom stereocenters. The first-order valence-electron chi connectivity index (χ1n) is 36.8. The largest absolute Gasteiger partial charge is 0.481 e. The normalized spacial score (nSPS) is 21.0. The molecule has 1 aromatic heterocycles. The number of aromatic nitrogens is 1. The van der Waals surface area contributed by atoms with Gasteiger partial charge < -0.3 is 122 Å². The number of aromatic amines is 1. The summed E-state index contributed by atoms with van der Waals surface area (Å²) in [6.07, 6.45) is -2.33. The molecule has 2 aromatic carbocycles. The van der Waals surface area contributed by atoms with Gasteiger partial charge in [-0.3, -0.25) is 91.1 Å². The van der Waals surface area contributed by atoms with Gasteiger partial charge in [-0.25, -0.2) is 4.79 Å². The van der Waals surface area contributed by atoms with Gasteiger partial charge in [0.15, 0.2) is 5.78 Å². The molecule has 638 valence electrons. The average Bonchev–Trinajstić information content (AvgIpc) is 1.64. The molecular weight excluding hydrogens is 1550 g/mol. The van der Waals surface area contributed by atoms with Crippen molar-refractivity contribution < 1.29 is 126 Å². The predicted octanol–water partition coefficient (Wildman–Crippen LogP) is -5.20. The molecular formula is C72H102ClN17O26. The summed E-state index contributed by atoms with van der Waals surface area (Å²) in [6.45, 7) is 1.11. The number of primary amides is 1. The van der Waals surface area contributed by atoms with Crippen LogP contribution in [0.3, 0.4) is 0 Å². The van der Waals surface area contributed by atoms with E-state index in [4.69, 9.17) is 21.9 Å². The van der Waals surface area contributed by atoms with Crippen LogP contribution < -0.4 is 86.3 Å². The molecule has 13 atom stereocenters. The first kappa shape index (κ1) is 97.8. The lowest BCUT2D eigenvalue weighted by Crippen LogP contribution is -2.62. The number of unbranched alkanes of at least 4 members (excludes halogenated alkanes) is 6. The van der Waals surface area contributed by atoms with Crippen molar-refractivity contribution in [3.63, 3.8) is 0 Å². The summed E-state index contributed by atoms with van der Waals surface area (Å²) in [5, 5.41) is 78.7. The number of halogens is 1. The first-order chi connectivity index (χ1) is 54.4. The Morgan fingerprint density at radius 3 is 1.68 bits per heavy atom. The molecule has 1 aliphatic heterocycles. The Bertz CT molecular complexity index is 4050. The smallest absolute Gasteiger partial charge is 0.329 e. The van der Waals surface area contributed by atoms with Crippen molar-refractivity contribution >= 4 is 147 Å². The molecule has 0 spiro atoms. The quantitative estimate of drug-likeness (QED) is 0.0113. The number of aliphatic carboxylic acids is 4. The van der Waals surface area contributed by atoms with Gasteiger partial charge in [0.25, 0.3) is 0 Å². The number of ether oxygens (including phenoxy) is 1. The molecule has 0 saturated carbocycles. The molecule has 0 radical (unpaired) electrons. The van der Waals surface area contributed by atoms with E-state index in [0.717, 1.165) is 52.9 Å². The number of H-pyrrole nitrogens is 1. The fourth-order valence-electron chi connectivity index (χ4n) is 11.7. The molecule has 4 rings (SSSR count). The average molecular weight is 1660 g/mol. The van der Waals surface area contributed by atoms with E-state index in [1.54, 1.807) is 30.5 Å². The van der Waals surface area contributed by atoms with Gasteiger partial charge in [0.2, 0.25) is 82.7 Å². The Morgan fingerprint density at radius 1 is 0.552 bits per heavy atom. The van der Waals surface area contributed by atoms with E-state index >= 15 is 0 Å². The number of hydrogen-bond donors (Lipinski definition) is 22. The molecule has 2 heterocycles. The minimum Gasteiger partial charge on any atom is -0.481 e. The summed E-state index contributed by atoms with van der Waals surface area (Å²) in [6, 6.07) is -10.5. The Balaban J connectivity index is 0.0000348. The number of nitrogens with two attached hydrogens (primary N) is 3. The van der Waals surface area contributed by atoms with E-state index in [9.17, 15) is 121 Å². The van der Waals surface area contributed by atoms with Crippen molar-refractivity contribution in [3.8, 4) is 0 Å². The first-order valence-corrected chi connectivity index (χ1v) is 36.8. The van der Waals surface area contributed by atoms with Crippen molar-refractivity contribution in [2.75, 3.05) is 32.0 Å². The van der Waals surface area contributed by atoms with Gasteiger partial charge in [0.1, 0.15) is 72.6 Å². The number of carbonyl (C=O) groups is 20. The van der Waals surface area contributed by atoms with E-state index in [0.29, 0.717) is 29.3 Å². The second-order valence-electron chi connectivity index (χ2n) is 27.2. The van der Waals surface area contributed by atoms with E-state index in [1.807, 2.05) is 16.0 Å². The highest BCUT2D eigenvalue weighted by Gasteiger charge is 2.41. The van der Waals surface area contributed by atoms with Crippen LogP contribution in [0.25, 0.3) is 10.9 Å². The molecule has 0 aliphatic carbocycles. The number of nitrogens with one attached hydrogen (secondary N) is 14. The van der Waals surface area contributed by atoms with Gasteiger partial charge in [-0.1, -0.05) is 82.7 Å².